The van der Waals surface area contributed by atoms with Crippen molar-refractivity contribution in [3.63, 3.8) is 0 Å². The molecule has 0 radical (unpaired) electrons. The molecule has 3 heteroatoms. The van der Waals surface area contributed by atoms with Gasteiger partial charge in [0.1, 0.15) is 0 Å². The Morgan fingerprint density at radius 2 is 1.95 bits per heavy atom. The van der Waals surface area contributed by atoms with Crippen LogP contribution in [0.3, 0.4) is 0 Å². The lowest BCUT2D eigenvalue weighted by molar-refractivity contribution is -0.127. The summed E-state index contributed by atoms with van der Waals surface area (Å²) in [6.07, 6.45) is 7.75. The molecule has 114 valence electrons. The third-order valence-electron chi connectivity index (χ3n) is 3.77. The first-order valence-corrected chi connectivity index (χ1v) is 7.82. The van der Waals surface area contributed by atoms with Crippen LogP contribution in [0.15, 0.2) is 11.6 Å². The highest BCUT2D eigenvalue weighted by molar-refractivity contribution is 5.91. The van der Waals surface area contributed by atoms with E-state index in [2.05, 4.69) is 20.8 Å². The minimum Gasteiger partial charge on any atom is -0.343 e. The smallest absolute Gasteiger partial charge is 0.222 e. The molecule has 0 aromatic rings. The fraction of sp³-hybridized carbons (Fsp3) is 0.765. The van der Waals surface area contributed by atoms with Gasteiger partial charge in [0, 0.05) is 25.9 Å². The number of rotatable bonds is 3. The number of allylic oxidation sites excluding steroid dienone is 2. The number of ketones is 1. The topological polar surface area (TPSA) is 37.4 Å². The second-order valence-electron chi connectivity index (χ2n) is 6.81. The molecule has 2 rings (SSSR count). The zero-order valence-corrected chi connectivity index (χ0v) is 13.5. The summed E-state index contributed by atoms with van der Waals surface area (Å²) in [5.74, 6) is 0.641. The fourth-order valence-electron chi connectivity index (χ4n) is 2.96. The van der Waals surface area contributed by atoms with E-state index in [4.69, 9.17) is 0 Å². The van der Waals surface area contributed by atoms with Crippen molar-refractivity contribution < 1.29 is 9.59 Å². The van der Waals surface area contributed by atoms with Gasteiger partial charge < -0.3 is 4.90 Å². The number of carbonyl (C=O) groups excluding carboxylic acids is 2. The molecule has 1 saturated heterocycles. The van der Waals surface area contributed by atoms with Crippen LogP contribution in [0, 0.1) is 5.41 Å². The van der Waals surface area contributed by atoms with Crippen LogP contribution in [0.1, 0.15) is 66.2 Å². The molecule has 1 aliphatic carbocycles. The molecule has 2 aliphatic rings. The maximum Gasteiger partial charge on any atom is 0.222 e. The Kier molecular flexibility index (Phi) is 6.44. The molecular formula is C17H29NO2. The van der Waals surface area contributed by atoms with Crippen LogP contribution >= 0.6 is 0 Å². The van der Waals surface area contributed by atoms with Crippen molar-refractivity contribution in [3.05, 3.63) is 11.6 Å². The summed E-state index contributed by atoms with van der Waals surface area (Å²) in [6, 6.07) is 0. The van der Waals surface area contributed by atoms with E-state index in [-0.39, 0.29) is 11.2 Å². The van der Waals surface area contributed by atoms with Crippen molar-refractivity contribution in [1.29, 1.82) is 0 Å². The van der Waals surface area contributed by atoms with Crippen LogP contribution in [-0.4, -0.2) is 29.7 Å². The van der Waals surface area contributed by atoms with Gasteiger partial charge >= 0.3 is 0 Å². The average Bonchev–Trinajstić information content (AvgIpc) is 2.69. The predicted molar refractivity (Wildman–Crippen MR) is 82.5 cm³/mol. The molecule has 0 N–H and O–H groups in total. The predicted octanol–water partition coefficient (Wildman–Crippen LogP) is 3.73. The normalized spacial score (nSPS) is 21.4. The van der Waals surface area contributed by atoms with Gasteiger partial charge in [-0.3, -0.25) is 9.59 Å². The van der Waals surface area contributed by atoms with E-state index in [1.54, 1.807) is 6.08 Å². The number of hydrogen-bond acceptors (Lipinski definition) is 2. The van der Waals surface area contributed by atoms with Crippen LogP contribution in [0.2, 0.25) is 0 Å². The van der Waals surface area contributed by atoms with E-state index in [0.717, 1.165) is 38.8 Å². The Balaban J connectivity index is 0.000000200. The molecule has 0 atom stereocenters. The lowest BCUT2D eigenvalue weighted by Crippen LogP contribution is -2.25. The molecule has 1 amide bonds. The largest absolute Gasteiger partial charge is 0.343 e. The van der Waals surface area contributed by atoms with Gasteiger partial charge in [-0.25, -0.2) is 0 Å². The number of nitrogens with zero attached hydrogens (tertiary/aromatic N) is 1. The van der Waals surface area contributed by atoms with Crippen LogP contribution in [0.4, 0.5) is 0 Å². The SMILES string of the molecule is CC1=CC(=O)CC(C)(C)C1.CCCCN1CCCC1=O. The Morgan fingerprint density at radius 1 is 1.25 bits per heavy atom. The number of hydrogen-bond donors (Lipinski definition) is 0. The van der Waals surface area contributed by atoms with Crippen molar-refractivity contribution >= 4 is 11.7 Å². The van der Waals surface area contributed by atoms with Gasteiger partial charge in [-0.2, -0.15) is 0 Å². The van der Waals surface area contributed by atoms with Crippen LogP contribution in [0.5, 0.6) is 0 Å². The van der Waals surface area contributed by atoms with Gasteiger partial charge in [0.15, 0.2) is 5.78 Å². The molecule has 0 unspecified atom stereocenters. The Hall–Kier alpha value is -1.12. The Labute approximate surface area is 123 Å². The first-order chi connectivity index (χ1) is 9.34. The van der Waals surface area contributed by atoms with Gasteiger partial charge in [0.25, 0.3) is 0 Å². The maximum atomic E-state index is 11.0. The van der Waals surface area contributed by atoms with Crippen molar-refractivity contribution in [2.75, 3.05) is 13.1 Å². The third-order valence-corrected chi connectivity index (χ3v) is 3.77. The van der Waals surface area contributed by atoms with Crippen LogP contribution in [-0.2, 0) is 9.59 Å². The number of amides is 1. The highest BCUT2D eigenvalue weighted by Gasteiger charge is 2.25. The molecule has 3 nitrogen and oxygen atoms in total. The molecule has 1 heterocycles. The van der Waals surface area contributed by atoms with Gasteiger partial charge in [-0.1, -0.05) is 32.8 Å². The third kappa shape index (κ3) is 5.89. The van der Waals surface area contributed by atoms with E-state index in [0.29, 0.717) is 12.3 Å². The summed E-state index contributed by atoms with van der Waals surface area (Å²) >= 11 is 0. The highest BCUT2D eigenvalue weighted by atomic mass is 16.2. The Bertz CT molecular complexity index is 382. The fourth-order valence-corrected chi connectivity index (χ4v) is 2.96. The van der Waals surface area contributed by atoms with Gasteiger partial charge in [0.2, 0.25) is 5.91 Å². The van der Waals surface area contributed by atoms with Gasteiger partial charge in [-0.05, 0) is 37.7 Å². The molecule has 0 bridgehead atoms. The first-order valence-electron chi connectivity index (χ1n) is 7.82. The summed E-state index contributed by atoms with van der Waals surface area (Å²) in [7, 11) is 0. The zero-order chi connectivity index (χ0) is 15.2. The molecular weight excluding hydrogens is 250 g/mol. The average molecular weight is 279 g/mol. The lowest BCUT2D eigenvalue weighted by atomic mass is 9.77. The highest BCUT2D eigenvalue weighted by Crippen LogP contribution is 2.32. The standard InChI is InChI=1S/C9H14O.C8H15NO/c1-7-4-8(10)6-9(2,3)5-7;1-2-3-6-9-7-4-5-8(9)10/h4H,5-6H2,1-3H3;2-7H2,1H3. The summed E-state index contributed by atoms with van der Waals surface area (Å²) in [6.45, 7) is 10.4. The van der Waals surface area contributed by atoms with Crippen LogP contribution < -0.4 is 0 Å². The summed E-state index contributed by atoms with van der Waals surface area (Å²) in [5, 5.41) is 0. The van der Waals surface area contributed by atoms with E-state index in [1.807, 2.05) is 11.8 Å². The number of likely N-dealkylation sites (tertiary alicyclic amines) is 1. The lowest BCUT2D eigenvalue weighted by Gasteiger charge is -2.27. The van der Waals surface area contributed by atoms with E-state index in [9.17, 15) is 9.59 Å². The molecule has 0 aromatic carbocycles. The number of carbonyl (C=O) groups is 2. The second-order valence-corrected chi connectivity index (χ2v) is 6.81. The van der Waals surface area contributed by atoms with Gasteiger partial charge in [-0.15, -0.1) is 0 Å². The molecule has 20 heavy (non-hydrogen) atoms. The Morgan fingerprint density at radius 3 is 2.40 bits per heavy atom. The molecule has 0 spiro atoms. The molecule has 1 aliphatic heterocycles. The van der Waals surface area contributed by atoms with Crippen molar-refractivity contribution in [1.82, 2.24) is 4.90 Å². The monoisotopic (exact) mass is 279 g/mol. The summed E-state index contributed by atoms with van der Waals surface area (Å²) in [5.41, 5.74) is 1.43. The quantitative estimate of drug-likeness (QED) is 0.789. The van der Waals surface area contributed by atoms with Gasteiger partial charge in [0.05, 0.1) is 0 Å². The maximum absolute atomic E-state index is 11.0. The van der Waals surface area contributed by atoms with Crippen LogP contribution in [0.25, 0.3) is 0 Å². The van der Waals surface area contributed by atoms with E-state index >= 15 is 0 Å². The van der Waals surface area contributed by atoms with E-state index in [1.165, 1.54) is 12.0 Å². The minimum atomic E-state index is 0.204. The van der Waals surface area contributed by atoms with Crippen molar-refractivity contribution in [2.24, 2.45) is 5.41 Å². The molecule has 0 saturated carbocycles. The van der Waals surface area contributed by atoms with Crippen molar-refractivity contribution in [3.8, 4) is 0 Å². The first kappa shape index (κ1) is 16.9. The summed E-state index contributed by atoms with van der Waals surface area (Å²) < 4.78 is 0. The zero-order valence-electron chi connectivity index (χ0n) is 13.5. The molecule has 1 fully saturated rings. The molecule has 0 aromatic heterocycles. The van der Waals surface area contributed by atoms with Crippen molar-refractivity contribution in [2.45, 2.75) is 66.2 Å². The second kappa shape index (κ2) is 7.61. The number of unbranched alkanes of at least 4 members (excludes halogenated alkanes) is 1. The minimum absolute atomic E-state index is 0.204. The summed E-state index contributed by atoms with van der Waals surface area (Å²) in [4.78, 5) is 24.0. The van der Waals surface area contributed by atoms with E-state index < -0.39 is 0 Å².